The van der Waals surface area contributed by atoms with Gasteiger partial charge in [-0.15, -0.1) is 0 Å². The Morgan fingerprint density at radius 1 is 1.19 bits per heavy atom. The van der Waals surface area contributed by atoms with Crippen molar-refractivity contribution in [1.82, 2.24) is 0 Å². The molecule has 1 aliphatic rings. The smallest absolute Gasteiger partial charge is 0.221 e. The van der Waals surface area contributed by atoms with E-state index in [2.05, 4.69) is 0 Å². The Morgan fingerprint density at radius 2 is 1.96 bits per heavy atom. The number of ketones is 1. The maximum absolute atomic E-state index is 14.6. The molecule has 0 aliphatic heterocycles. The van der Waals surface area contributed by atoms with E-state index in [0.29, 0.717) is 55.6 Å². The summed E-state index contributed by atoms with van der Waals surface area (Å²) in [5.41, 5.74) is 8.46. The monoisotopic (exact) mass is 355 g/mol. The number of benzene rings is 2. The van der Waals surface area contributed by atoms with Crippen molar-refractivity contribution in [2.45, 2.75) is 38.7 Å². The summed E-state index contributed by atoms with van der Waals surface area (Å²) in [6.45, 7) is 0.824. The number of carbonyl (C=O) groups is 2. The van der Waals surface area contributed by atoms with Crippen LogP contribution in [0.5, 0.6) is 0 Å². The number of carbonyl (C=O) groups excluding carboxylic acids is 2. The van der Waals surface area contributed by atoms with Gasteiger partial charge in [0.05, 0.1) is 19.6 Å². The van der Waals surface area contributed by atoms with Crippen LogP contribution in [0.25, 0.3) is 0 Å². The molecule has 0 spiro atoms. The topological polar surface area (TPSA) is 69.4 Å². The van der Waals surface area contributed by atoms with Crippen molar-refractivity contribution in [3.05, 3.63) is 70.0 Å². The van der Waals surface area contributed by atoms with Gasteiger partial charge in [0.1, 0.15) is 5.82 Å². The number of rotatable bonds is 7. The Bertz CT molecular complexity index is 818. The summed E-state index contributed by atoms with van der Waals surface area (Å²) >= 11 is 0. The highest BCUT2D eigenvalue weighted by Gasteiger charge is 2.26. The Morgan fingerprint density at radius 3 is 2.69 bits per heavy atom. The maximum atomic E-state index is 14.6. The summed E-state index contributed by atoms with van der Waals surface area (Å²) in [6, 6.07) is 11.1. The number of fused-ring (bicyclic) bond motifs is 1. The van der Waals surface area contributed by atoms with E-state index in [1.807, 2.05) is 30.3 Å². The van der Waals surface area contributed by atoms with Gasteiger partial charge in [-0.2, -0.15) is 0 Å². The summed E-state index contributed by atoms with van der Waals surface area (Å²) in [7, 11) is 0. The maximum Gasteiger partial charge on any atom is 0.221 e. The van der Waals surface area contributed by atoms with Crippen molar-refractivity contribution in [3.63, 3.8) is 0 Å². The van der Waals surface area contributed by atoms with Crippen LogP contribution in [0.1, 0.15) is 45.5 Å². The molecular formula is C21H22FNO3. The van der Waals surface area contributed by atoms with E-state index in [0.717, 1.165) is 11.1 Å². The van der Waals surface area contributed by atoms with Crippen LogP contribution in [0.15, 0.2) is 36.4 Å². The van der Waals surface area contributed by atoms with Crippen LogP contribution < -0.4 is 5.73 Å². The second-order valence-corrected chi connectivity index (χ2v) is 6.56. The van der Waals surface area contributed by atoms with Crippen molar-refractivity contribution in [3.8, 4) is 0 Å². The Kier molecular flexibility index (Phi) is 5.78. The van der Waals surface area contributed by atoms with Crippen molar-refractivity contribution in [2.75, 3.05) is 6.61 Å². The molecule has 0 fully saturated rings. The van der Waals surface area contributed by atoms with Crippen molar-refractivity contribution < 1.29 is 18.7 Å². The third-order valence-corrected chi connectivity index (χ3v) is 4.66. The number of Topliss-reactive ketones (excluding diaryl/α,β-unsaturated/α-hetero) is 1. The first-order valence-electron chi connectivity index (χ1n) is 8.82. The van der Waals surface area contributed by atoms with Gasteiger partial charge in [-0.25, -0.2) is 4.39 Å². The lowest BCUT2D eigenvalue weighted by Crippen LogP contribution is -2.22. The number of amides is 1. The Hall–Kier alpha value is -2.53. The van der Waals surface area contributed by atoms with E-state index in [1.165, 1.54) is 6.07 Å². The molecular weight excluding hydrogens is 333 g/mol. The van der Waals surface area contributed by atoms with Gasteiger partial charge in [-0.05, 0) is 47.6 Å². The molecule has 0 unspecified atom stereocenters. The average molecular weight is 355 g/mol. The zero-order valence-electron chi connectivity index (χ0n) is 14.6. The molecule has 1 aliphatic carbocycles. The van der Waals surface area contributed by atoms with Crippen LogP contribution in [-0.2, 0) is 35.4 Å². The van der Waals surface area contributed by atoms with E-state index in [4.69, 9.17) is 10.5 Å². The third-order valence-electron chi connectivity index (χ3n) is 4.66. The Balaban J connectivity index is 1.77. The van der Waals surface area contributed by atoms with Gasteiger partial charge in [-0.3, -0.25) is 9.59 Å². The van der Waals surface area contributed by atoms with E-state index >= 15 is 0 Å². The van der Waals surface area contributed by atoms with Gasteiger partial charge >= 0.3 is 0 Å². The van der Waals surface area contributed by atoms with E-state index < -0.39 is 11.7 Å². The molecule has 0 radical (unpaired) electrons. The second-order valence-electron chi connectivity index (χ2n) is 6.56. The van der Waals surface area contributed by atoms with Gasteiger partial charge in [0.15, 0.2) is 5.78 Å². The zero-order chi connectivity index (χ0) is 18.5. The largest absolute Gasteiger partial charge is 0.376 e. The first kappa shape index (κ1) is 18.3. The number of nitrogens with two attached hydrogens (primary N) is 1. The molecule has 26 heavy (non-hydrogen) atoms. The van der Waals surface area contributed by atoms with Crippen molar-refractivity contribution in [1.29, 1.82) is 0 Å². The summed E-state index contributed by atoms with van der Waals surface area (Å²) in [5, 5.41) is 0. The van der Waals surface area contributed by atoms with Crippen molar-refractivity contribution in [2.24, 2.45) is 5.73 Å². The van der Waals surface area contributed by atoms with Gasteiger partial charge in [0.25, 0.3) is 0 Å². The van der Waals surface area contributed by atoms with Gasteiger partial charge < -0.3 is 10.5 Å². The normalized spacial score (nSPS) is 13.5. The summed E-state index contributed by atoms with van der Waals surface area (Å²) < 4.78 is 20.3. The molecule has 3 rings (SSSR count). The first-order valence-corrected chi connectivity index (χ1v) is 8.82. The first-order chi connectivity index (χ1) is 12.6. The van der Waals surface area contributed by atoms with Gasteiger partial charge in [-0.1, -0.05) is 30.3 Å². The summed E-state index contributed by atoms with van der Waals surface area (Å²) in [6.07, 6.45) is 2.04. The molecule has 4 nitrogen and oxygen atoms in total. The number of primary amides is 1. The van der Waals surface area contributed by atoms with E-state index in [-0.39, 0.29) is 12.2 Å². The number of ether oxygens (including phenoxy) is 1. The van der Waals surface area contributed by atoms with Crippen LogP contribution in [-0.4, -0.2) is 18.3 Å². The molecule has 0 atom stereocenters. The molecule has 5 heteroatoms. The fraction of sp³-hybridized carbons (Fsp3) is 0.333. The molecule has 2 N–H and O–H groups in total. The molecule has 2 aromatic carbocycles. The quantitative estimate of drug-likeness (QED) is 0.776. The van der Waals surface area contributed by atoms with Crippen molar-refractivity contribution >= 4 is 11.7 Å². The molecule has 0 saturated carbocycles. The Labute approximate surface area is 152 Å². The van der Waals surface area contributed by atoms with Gasteiger partial charge in [0, 0.05) is 12.0 Å². The molecule has 1 amide bonds. The number of hydrogen-bond acceptors (Lipinski definition) is 3. The molecule has 2 aromatic rings. The van der Waals surface area contributed by atoms with Crippen LogP contribution in [0.4, 0.5) is 4.39 Å². The zero-order valence-corrected chi connectivity index (χ0v) is 14.6. The highest BCUT2D eigenvalue weighted by Crippen LogP contribution is 2.30. The average Bonchev–Trinajstić information content (AvgIpc) is 2.61. The van der Waals surface area contributed by atoms with Crippen LogP contribution >= 0.6 is 0 Å². The minimum atomic E-state index is -0.566. The lowest BCUT2D eigenvalue weighted by Gasteiger charge is -2.22. The highest BCUT2D eigenvalue weighted by molar-refractivity contribution is 6.01. The highest BCUT2D eigenvalue weighted by atomic mass is 19.1. The fourth-order valence-corrected chi connectivity index (χ4v) is 3.51. The van der Waals surface area contributed by atoms with E-state index in [9.17, 15) is 14.0 Å². The minimum absolute atomic E-state index is 0.0334. The van der Waals surface area contributed by atoms with Crippen LogP contribution in [0, 0.1) is 5.82 Å². The lowest BCUT2D eigenvalue weighted by atomic mass is 9.82. The summed E-state index contributed by atoms with van der Waals surface area (Å²) in [5.74, 6) is -0.990. The third kappa shape index (κ3) is 4.17. The second kappa shape index (κ2) is 8.23. The number of hydrogen-bond donors (Lipinski definition) is 1. The minimum Gasteiger partial charge on any atom is -0.376 e. The van der Waals surface area contributed by atoms with E-state index in [1.54, 1.807) is 0 Å². The molecule has 0 aromatic heterocycles. The fourth-order valence-electron chi connectivity index (χ4n) is 3.51. The van der Waals surface area contributed by atoms with Crippen LogP contribution in [0.3, 0.4) is 0 Å². The molecule has 0 heterocycles. The molecule has 136 valence electrons. The number of halogens is 1. The summed E-state index contributed by atoms with van der Waals surface area (Å²) in [4.78, 5) is 23.6. The van der Waals surface area contributed by atoms with Crippen LogP contribution in [0.2, 0.25) is 0 Å². The predicted octanol–water partition coefficient (Wildman–Crippen LogP) is 3.13. The molecule has 0 bridgehead atoms. The molecule has 0 saturated heterocycles. The van der Waals surface area contributed by atoms with Gasteiger partial charge in [0.2, 0.25) is 5.91 Å². The lowest BCUT2D eigenvalue weighted by molar-refractivity contribution is -0.117. The standard InChI is InChI=1S/C21H22FNO3/c22-18-11-15(12-20(23)25)21-17(7-4-8-19(21)24)16(18)9-10-26-13-14-5-2-1-3-6-14/h1-3,5-6,11H,4,7-10,12-13H2,(H2,23,25). The SMILES string of the molecule is NC(=O)Cc1cc(F)c(CCOCc2ccccc2)c2c1C(=O)CCC2. The predicted molar refractivity (Wildman–Crippen MR) is 96.4 cm³/mol.